The van der Waals surface area contributed by atoms with Gasteiger partial charge in [0.25, 0.3) is 0 Å². The molecule has 17 atom stereocenters. The van der Waals surface area contributed by atoms with Crippen molar-refractivity contribution in [2.24, 2.45) is 45.3 Å². The fourth-order valence-electron chi connectivity index (χ4n) is 12.8. The summed E-state index contributed by atoms with van der Waals surface area (Å²) in [6, 6.07) is 0. The van der Waals surface area contributed by atoms with Crippen molar-refractivity contribution in [2.45, 2.75) is 181 Å². The number of aliphatic hydroxyl groups excluding tert-OH is 5. The van der Waals surface area contributed by atoms with Gasteiger partial charge in [0.1, 0.15) is 24.4 Å². The second-order valence-electron chi connectivity index (χ2n) is 19.1. The summed E-state index contributed by atoms with van der Waals surface area (Å²) in [5.41, 5.74) is -0.853. The predicted octanol–water partition coefficient (Wildman–Crippen LogP) is 4.46. The second kappa shape index (κ2) is 13.9. The Kier molecular flexibility index (Phi) is 10.8. The van der Waals surface area contributed by atoms with E-state index < -0.39 is 60.2 Å². The van der Waals surface area contributed by atoms with Crippen LogP contribution in [0.2, 0.25) is 0 Å². The SMILES string of the molecule is CC(C)=CCC[C@](C)(O)C1CC[C@]2(C)C1[C@H](O)CC1[C@@]3(C)CC[C@H](O)C(C)(C)C3[C@@H](O[C@@H]3OCCCC3O[C@@H]3OC[C@H](O)[C@@H](O)C3O)C[C@]12C. The molecule has 50 heavy (non-hydrogen) atoms. The molecule has 4 saturated carbocycles. The molecule has 0 aromatic heterocycles. The number of hydrogen-bond acceptors (Lipinski definition) is 10. The van der Waals surface area contributed by atoms with Crippen molar-refractivity contribution in [3.05, 3.63) is 11.6 Å². The molecule has 6 N–H and O–H groups in total. The lowest BCUT2D eigenvalue weighted by atomic mass is 9.34. The molecule has 6 rings (SSSR count). The summed E-state index contributed by atoms with van der Waals surface area (Å²) in [5, 5.41) is 66.7. The minimum atomic E-state index is -1.41. The highest BCUT2D eigenvalue weighted by atomic mass is 16.7. The van der Waals surface area contributed by atoms with Gasteiger partial charge in [-0.2, -0.15) is 0 Å². The van der Waals surface area contributed by atoms with E-state index >= 15 is 0 Å². The van der Waals surface area contributed by atoms with Crippen molar-refractivity contribution >= 4 is 0 Å². The van der Waals surface area contributed by atoms with Gasteiger partial charge in [0, 0.05) is 6.61 Å². The third-order valence-corrected chi connectivity index (χ3v) is 15.5. The van der Waals surface area contributed by atoms with Crippen LogP contribution in [-0.4, -0.2) is 105 Å². The van der Waals surface area contributed by atoms with Gasteiger partial charge >= 0.3 is 0 Å². The molecule has 6 aliphatic rings. The van der Waals surface area contributed by atoms with Crippen molar-refractivity contribution < 1.29 is 49.6 Å². The summed E-state index contributed by atoms with van der Waals surface area (Å²) in [6.07, 6.45) is 1.95. The van der Waals surface area contributed by atoms with Gasteiger partial charge in [-0.1, -0.05) is 46.3 Å². The first-order valence-electron chi connectivity index (χ1n) is 19.6. The van der Waals surface area contributed by atoms with Crippen LogP contribution in [0, 0.1) is 45.3 Å². The van der Waals surface area contributed by atoms with Crippen LogP contribution < -0.4 is 0 Å². The molecule has 0 spiro atoms. The van der Waals surface area contributed by atoms with Gasteiger partial charge in [-0.05, 0) is 130 Å². The first kappa shape index (κ1) is 39.0. The zero-order valence-corrected chi connectivity index (χ0v) is 31.9. The Hall–Kier alpha value is -0.660. The zero-order valence-electron chi connectivity index (χ0n) is 31.9. The van der Waals surface area contributed by atoms with Gasteiger partial charge in [0.15, 0.2) is 12.6 Å². The average molecular weight is 709 g/mol. The lowest BCUT2D eigenvalue weighted by Gasteiger charge is -2.72. The van der Waals surface area contributed by atoms with Gasteiger partial charge in [0.05, 0.1) is 30.5 Å². The van der Waals surface area contributed by atoms with E-state index in [0.29, 0.717) is 32.3 Å². The highest BCUT2D eigenvalue weighted by Gasteiger charge is 2.73. The molecule has 0 bridgehead atoms. The quantitative estimate of drug-likeness (QED) is 0.157. The smallest absolute Gasteiger partial charge is 0.186 e. The maximum Gasteiger partial charge on any atom is 0.186 e. The van der Waals surface area contributed by atoms with E-state index in [4.69, 9.17) is 18.9 Å². The average Bonchev–Trinajstić information content (AvgIpc) is 3.42. The minimum Gasteiger partial charge on any atom is -0.393 e. The Morgan fingerprint density at radius 2 is 1.54 bits per heavy atom. The molecule has 2 aliphatic heterocycles. The second-order valence-corrected chi connectivity index (χ2v) is 19.1. The lowest BCUT2D eigenvalue weighted by molar-refractivity contribution is -0.345. The largest absolute Gasteiger partial charge is 0.393 e. The number of aliphatic hydroxyl groups is 6. The van der Waals surface area contributed by atoms with Gasteiger partial charge in [0.2, 0.25) is 0 Å². The fourth-order valence-corrected chi connectivity index (χ4v) is 12.8. The molecule has 0 aromatic carbocycles. The number of fused-ring (bicyclic) bond motifs is 5. The van der Waals surface area contributed by atoms with Gasteiger partial charge < -0.3 is 49.6 Å². The fraction of sp³-hybridized carbons (Fsp3) is 0.950. The highest BCUT2D eigenvalue weighted by molar-refractivity contribution is 5.22. The molecule has 6 unspecified atom stereocenters. The molecule has 10 heteroatoms. The van der Waals surface area contributed by atoms with Crippen LogP contribution in [0.4, 0.5) is 0 Å². The standard InChI is InChI=1S/C40H68O10/c1-22(2)11-9-15-40(8,46)23-13-17-38(6)30(23)24(41)19-28-37(5)16-14-29(43)36(3,4)33(37)27(20-39(28,38)7)50-34-26(12-10-18-47-34)49-35-32(45)31(44)25(42)21-48-35/h11,23-35,41-46H,9-10,12-21H2,1-8H3/t23?,24-,25+,26?,27+,28?,29+,30?,31-,32?,33?,34+,35+,37-,38-,39-,40+/m1/s1. The molecule has 0 radical (unpaired) electrons. The number of hydrogen-bond donors (Lipinski definition) is 6. The van der Waals surface area contributed by atoms with Crippen LogP contribution in [0.25, 0.3) is 0 Å². The van der Waals surface area contributed by atoms with E-state index in [1.807, 2.05) is 6.92 Å². The van der Waals surface area contributed by atoms with Gasteiger partial charge in [-0.25, -0.2) is 0 Å². The van der Waals surface area contributed by atoms with Crippen LogP contribution in [-0.2, 0) is 18.9 Å². The van der Waals surface area contributed by atoms with Crippen molar-refractivity contribution in [3.8, 4) is 0 Å². The van der Waals surface area contributed by atoms with Crippen LogP contribution >= 0.6 is 0 Å². The Labute approximate surface area is 299 Å². The predicted molar refractivity (Wildman–Crippen MR) is 188 cm³/mol. The maximum absolute atomic E-state index is 12.2. The zero-order chi connectivity index (χ0) is 36.6. The number of allylic oxidation sites excluding steroid dienone is 2. The molecule has 10 nitrogen and oxygen atoms in total. The third-order valence-electron chi connectivity index (χ3n) is 15.5. The topological polar surface area (TPSA) is 158 Å². The Morgan fingerprint density at radius 1 is 0.840 bits per heavy atom. The minimum absolute atomic E-state index is 0.0180. The lowest BCUT2D eigenvalue weighted by Crippen LogP contribution is -2.70. The van der Waals surface area contributed by atoms with Crippen molar-refractivity contribution in [1.29, 1.82) is 0 Å². The normalized spacial score (nSPS) is 51.5. The molecule has 0 amide bonds. The maximum atomic E-state index is 12.2. The molecule has 288 valence electrons. The van der Waals surface area contributed by atoms with Gasteiger partial charge in [-0.15, -0.1) is 0 Å². The van der Waals surface area contributed by atoms with E-state index in [-0.39, 0.29) is 52.6 Å². The Bertz CT molecular complexity index is 1230. The first-order chi connectivity index (χ1) is 23.3. The van der Waals surface area contributed by atoms with Gasteiger partial charge in [-0.3, -0.25) is 0 Å². The number of rotatable bonds is 8. The van der Waals surface area contributed by atoms with Crippen LogP contribution in [0.5, 0.6) is 0 Å². The monoisotopic (exact) mass is 708 g/mol. The molecular formula is C40H68O10. The van der Waals surface area contributed by atoms with Crippen molar-refractivity contribution in [3.63, 3.8) is 0 Å². The Morgan fingerprint density at radius 3 is 2.24 bits per heavy atom. The Balaban J connectivity index is 1.33. The highest BCUT2D eigenvalue weighted by Crippen LogP contribution is 2.76. The van der Waals surface area contributed by atoms with Crippen LogP contribution in [0.15, 0.2) is 11.6 Å². The molecule has 2 saturated heterocycles. The van der Waals surface area contributed by atoms with E-state index in [2.05, 4.69) is 54.5 Å². The summed E-state index contributed by atoms with van der Waals surface area (Å²) in [4.78, 5) is 0. The summed E-state index contributed by atoms with van der Waals surface area (Å²) in [6.45, 7) is 18.0. The van der Waals surface area contributed by atoms with Crippen molar-refractivity contribution in [1.82, 2.24) is 0 Å². The van der Waals surface area contributed by atoms with E-state index in [1.54, 1.807) is 0 Å². The third kappa shape index (κ3) is 6.37. The molecule has 2 heterocycles. The van der Waals surface area contributed by atoms with E-state index in [9.17, 15) is 30.6 Å². The summed E-state index contributed by atoms with van der Waals surface area (Å²) in [7, 11) is 0. The van der Waals surface area contributed by atoms with E-state index in [1.165, 1.54) is 5.57 Å². The molecule has 6 fully saturated rings. The van der Waals surface area contributed by atoms with Crippen molar-refractivity contribution in [2.75, 3.05) is 13.2 Å². The molecule has 4 aliphatic carbocycles. The number of ether oxygens (including phenoxy) is 4. The van der Waals surface area contributed by atoms with E-state index in [0.717, 1.165) is 38.5 Å². The summed E-state index contributed by atoms with van der Waals surface area (Å²) >= 11 is 0. The first-order valence-corrected chi connectivity index (χ1v) is 19.6. The van der Waals surface area contributed by atoms with Crippen LogP contribution in [0.1, 0.15) is 120 Å². The molecule has 0 aromatic rings. The molecular weight excluding hydrogens is 640 g/mol. The summed E-state index contributed by atoms with van der Waals surface area (Å²) < 4.78 is 25.4. The van der Waals surface area contributed by atoms with Crippen LogP contribution in [0.3, 0.4) is 0 Å². The summed E-state index contributed by atoms with van der Waals surface area (Å²) in [5.74, 6) is 0.0845.